The Morgan fingerprint density at radius 2 is 1.94 bits per heavy atom. The van der Waals surface area contributed by atoms with Crippen molar-refractivity contribution in [2.24, 2.45) is 5.41 Å². The Balaban J connectivity index is 2.76. The zero-order valence-corrected chi connectivity index (χ0v) is 11.4. The summed E-state index contributed by atoms with van der Waals surface area (Å²) in [7, 11) is 0. The van der Waals surface area contributed by atoms with Gasteiger partial charge in [0.2, 0.25) is 0 Å². The summed E-state index contributed by atoms with van der Waals surface area (Å²) in [6.45, 7) is 4.28. The lowest BCUT2D eigenvalue weighted by atomic mass is 9.81. The summed E-state index contributed by atoms with van der Waals surface area (Å²) in [4.78, 5) is 11.4. The van der Waals surface area contributed by atoms with Crippen LogP contribution in [0.1, 0.15) is 71.6 Å². The molecule has 1 fully saturated rings. The van der Waals surface area contributed by atoms with E-state index in [2.05, 4.69) is 25.7 Å². The van der Waals surface area contributed by atoms with Gasteiger partial charge in [0.05, 0.1) is 5.41 Å². The van der Waals surface area contributed by atoms with Crippen molar-refractivity contribution in [3.8, 4) is 0 Å². The number of hydrogen-bond acceptors (Lipinski definition) is 1. The summed E-state index contributed by atoms with van der Waals surface area (Å²) in [5.74, 6) is 0. The zero-order chi connectivity index (χ0) is 12.6. The fourth-order valence-electron chi connectivity index (χ4n) is 2.40. The van der Waals surface area contributed by atoms with Gasteiger partial charge < -0.3 is 4.79 Å². The van der Waals surface area contributed by atoms with E-state index in [1.165, 1.54) is 37.7 Å². The Labute approximate surface area is 106 Å². The molecule has 1 aliphatic rings. The Morgan fingerprint density at radius 1 is 1.24 bits per heavy atom. The Hall–Kier alpha value is -0.810. The van der Waals surface area contributed by atoms with Crippen molar-refractivity contribution in [2.45, 2.75) is 71.6 Å². The van der Waals surface area contributed by atoms with E-state index >= 15 is 0 Å². The number of aldehydes is 1. The first-order valence-corrected chi connectivity index (χ1v) is 7.18. The summed E-state index contributed by atoms with van der Waals surface area (Å²) >= 11 is 0. The first kappa shape index (κ1) is 14.3. The third kappa shape index (κ3) is 4.52. The van der Waals surface area contributed by atoms with Crippen LogP contribution in [0.3, 0.4) is 0 Å². The van der Waals surface area contributed by atoms with Gasteiger partial charge in [-0.25, -0.2) is 0 Å². The van der Waals surface area contributed by atoms with Gasteiger partial charge in [-0.05, 0) is 50.2 Å². The van der Waals surface area contributed by atoms with Crippen molar-refractivity contribution in [3.63, 3.8) is 0 Å². The van der Waals surface area contributed by atoms with Crippen LogP contribution in [0, 0.1) is 5.41 Å². The van der Waals surface area contributed by atoms with Gasteiger partial charge >= 0.3 is 0 Å². The van der Waals surface area contributed by atoms with Crippen LogP contribution in [-0.2, 0) is 4.79 Å². The van der Waals surface area contributed by atoms with Crippen LogP contribution in [0.15, 0.2) is 17.4 Å². The number of allylic oxidation sites excluding steroid dienone is 1. The summed E-state index contributed by atoms with van der Waals surface area (Å²) in [6.07, 6.45) is 13.7. The average Bonchev–Trinajstić information content (AvgIpc) is 2.41. The third-order valence-corrected chi connectivity index (χ3v) is 3.91. The summed E-state index contributed by atoms with van der Waals surface area (Å²) < 4.78 is 0. The molecule has 0 heterocycles. The molecule has 0 unspecified atom stereocenters. The molecular weight excluding hydrogens is 208 g/mol. The van der Waals surface area contributed by atoms with Gasteiger partial charge in [-0.2, -0.15) is 0 Å². The Morgan fingerprint density at radius 3 is 2.47 bits per heavy atom. The molecule has 1 saturated carbocycles. The summed E-state index contributed by atoms with van der Waals surface area (Å²) in [5, 5.41) is 0. The van der Waals surface area contributed by atoms with Gasteiger partial charge in [0.15, 0.2) is 0 Å². The molecule has 0 radical (unpaired) electrons. The topological polar surface area (TPSA) is 17.1 Å². The SMILES string of the molecule is CCCC[C@@](C=O)(C=C=C1CCCCC1)CC. The quantitative estimate of drug-likeness (QED) is 0.476. The van der Waals surface area contributed by atoms with Crippen molar-refractivity contribution in [2.75, 3.05) is 0 Å². The Kier molecular flexibility index (Phi) is 6.29. The highest BCUT2D eigenvalue weighted by molar-refractivity contribution is 5.62. The lowest BCUT2D eigenvalue weighted by Gasteiger charge is -2.21. The minimum absolute atomic E-state index is 0.250. The van der Waals surface area contributed by atoms with E-state index < -0.39 is 0 Å². The first-order valence-electron chi connectivity index (χ1n) is 7.18. The van der Waals surface area contributed by atoms with Crippen LogP contribution in [0.2, 0.25) is 0 Å². The monoisotopic (exact) mass is 234 g/mol. The van der Waals surface area contributed by atoms with Crippen molar-refractivity contribution in [3.05, 3.63) is 17.4 Å². The molecule has 1 heteroatoms. The summed E-state index contributed by atoms with van der Waals surface area (Å²) in [6, 6.07) is 0. The van der Waals surface area contributed by atoms with E-state index in [4.69, 9.17) is 0 Å². The highest BCUT2D eigenvalue weighted by Gasteiger charge is 2.23. The molecule has 0 spiro atoms. The maximum absolute atomic E-state index is 11.4. The molecule has 1 rings (SSSR count). The molecular formula is C16H26O. The second-order valence-electron chi connectivity index (χ2n) is 5.26. The minimum atomic E-state index is -0.250. The largest absolute Gasteiger partial charge is 0.302 e. The molecule has 0 bridgehead atoms. The molecule has 0 aliphatic heterocycles. The van der Waals surface area contributed by atoms with Crippen molar-refractivity contribution in [1.29, 1.82) is 0 Å². The van der Waals surface area contributed by atoms with Crippen LogP contribution < -0.4 is 0 Å². The fraction of sp³-hybridized carbons (Fsp3) is 0.750. The van der Waals surface area contributed by atoms with Gasteiger partial charge in [0.25, 0.3) is 0 Å². The van der Waals surface area contributed by atoms with Crippen LogP contribution in [-0.4, -0.2) is 6.29 Å². The standard InChI is InChI=1S/C16H26O/c1-3-5-12-16(4-2,14-17)13-11-15-9-7-6-8-10-15/h13-14H,3-10,12H2,1-2H3/t16-/m1/s1. The van der Waals surface area contributed by atoms with Gasteiger partial charge in [-0.1, -0.05) is 33.1 Å². The smallest absolute Gasteiger partial charge is 0.130 e. The molecule has 1 atom stereocenters. The lowest BCUT2D eigenvalue weighted by Crippen LogP contribution is -2.18. The molecule has 0 saturated heterocycles. The zero-order valence-electron chi connectivity index (χ0n) is 11.4. The Bertz CT molecular complexity index is 289. The molecule has 17 heavy (non-hydrogen) atoms. The van der Waals surface area contributed by atoms with Crippen LogP contribution >= 0.6 is 0 Å². The number of hydrogen-bond donors (Lipinski definition) is 0. The summed E-state index contributed by atoms with van der Waals surface area (Å²) in [5.41, 5.74) is 4.61. The van der Waals surface area contributed by atoms with E-state index in [1.807, 2.05) is 0 Å². The molecule has 0 aromatic rings. The molecule has 96 valence electrons. The molecule has 0 aromatic carbocycles. The number of unbranched alkanes of at least 4 members (excludes halogenated alkanes) is 1. The predicted molar refractivity (Wildman–Crippen MR) is 73.0 cm³/mol. The first-order chi connectivity index (χ1) is 8.26. The predicted octanol–water partition coefficient (Wildman–Crippen LogP) is 4.82. The normalized spacial score (nSPS) is 19.3. The molecule has 0 amide bonds. The number of carbonyl (C=O) groups excluding carboxylic acids is 1. The van der Waals surface area contributed by atoms with E-state index in [1.54, 1.807) is 0 Å². The van der Waals surface area contributed by atoms with Crippen molar-refractivity contribution >= 4 is 6.29 Å². The minimum Gasteiger partial charge on any atom is -0.302 e. The maximum atomic E-state index is 11.4. The number of rotatable bonds is 6. The van der Waals surface area contributed by atoms with Crippen molar-refractivity contribution < 1.29 is 4.79 Å². The van der Waals surface area contributed by atoms with Gasteiger partial charge in [-0.15, -0.1) is 5.73 Å². The molecule has 0 N–H and O–H groups in total. The highest BCUT2D eigenvalue weighted by atomic mass is 16.1. The van der Waals surface area contributed by atoms with Crippen LogP contribution in [0.25, 0.3) is 0 Å². The highest BCUT2D eigenvalue weighted by Crippen LogP contribution is 2.29. The van der Waals surface area contributed by atoms with Crippen molar-refractivity contribution in [1.82, 2.24) is 0 Å². The molecule has 1 aliphatic carbocycles. The van der Waals surface area contributed by atoms with E-state index in [9.17, 15) is 4.79 Å². The van der Waals surface area contributed by atoms with Crippen LogP contribution in [0.4, 0.5) is 0 Å². The van der Waals surface area contributed by atoms with Gasteiger partial charge in [-0.3, -0.25) is 0 Å². The fourth-order valence-corrected chi connectivity index (χ4v) is 2.40. The molecule has 0 aromatic heterocycles. The number of carbonyl (C=O) groups is 1. The average molecular weight is 234 g/mol. The second-order valence-corrected chi connectivity index (χ2v) is 5.26. The van der Waals surface area contributed by atoms with Crippen LogP contribution in [0.5, 0.6) is 0 Å². The maximum Gasteiger partial charge on any atom is 0.130 e. The third-order valence-electron chi connectivity index (χ3n) is 3.91. The van der Waals surface area contributed by atoms with E-state index in [0.717, 1.165) is 32.0 Å². The lowest BCUT2D eigenvalue weighted by molar-refractivity contribution is -0.114. The van der Waals surface area contributed by atoms with Gasteiger partial charge in [0.1, 0.15) is 6.29 Å². The van der Waals surface area contributed by atoms with E-state index in [0.29, 0.717) is 0 Å². The van der Waals surface area contributed by atoms with Gasteiger partial charge in [0, 0.05) is 0 Å². The van der Waals surface area contributed by atoms with E-state index in [-0.39, 0.29) is 5.41 Å². The second kappa shape index (κ2) is 7.50. The molecule has 1 nitrogen and oxygen atoms in total.